The minimum absolute atomic E-state index is 0.0560. The number of sulfone groups is 1. The first-order valence-corrected chi connectivity index (χ1v) is 12.0. The summed E-state index contributed by atoms with van der Waals surface area (Å²) in [7, 11) is -3.91. The number of halogens is 4. The Hall–Kier alpha value is -2.10. The number of hydrogen-bond donors (Lipinski definition) is 2. The molecule has 3 aliphatic rings. The molecule has 5 nitrogen and oxygen atoms in total. The number of aliphatic hydroxyl groups is 1. The molecule has 0 aliphatic heterocycles. The minimum atomic E-state index is -3.91. The second-order valence-electron chi connectivity index (χ2n) is 8.79. The van der Waals surface area contributed by atoms with Gasteiger partial charge in [-0.15, -0.1) is 0 Å². The van der Waals surface area contributed by atoms with E-state index in [1.54, 1.807) is 6.92 Å². The SMILES string of the molecule is CC1C2CC(S(=O)(=O)c3cc(C(=O)Nc4cc(F)c(F)c(F)c4)ccc3Cl)C[C@H]1C2(C)O. The normalized spacial score (nSPS) is 29.3. The van der Waals surface area contributed by atoms with Gasteiger partial charge in [0.15, 0.2) is 27.3 Å². The van der Waals surface area contributed by atoms with Crippen LogP contribution in [0.25, 0.3) is 0 Å². The van der Waals surface area contributed by atoms with Crippen LogP contribution in [-0.2, 0) is 9.84 Å². The molecule has 172 valence electrons. The molecule has 3 aliphatic carbocycles. The number of rotatable bonds is 4. The highest BCUT2D eigenvalue weighted by atomic mass is 35.5. The van der Waals surface area contributed by atoms with Crippen molar-refractivity contribution in [1.82, 2.24) is 0 Å². The Labute approximate surface area is 188 Å². The summed E-state index contributed by atoms with van der Waals surface area (Å²) in [6.45, 7) is 3.72. The molecule has 0 spiro atoms. The van der Waals surface area contributed by atoms with E-state index in [4.69, 9.17) is 11.6 Å². The summed E-state index contributed by atoms with van der Waals surface area (Å²) in [4.78, 5) is 12.3. The highest BCUT2D eigenvalue weighted by Gasteiger charge is 2.61. The molecule has 0 heterocycles. The first-order valence-electron chi connectivity index (χ1n) is 10.1. The van der Waals surface area contributed by atoms with Crippen molar-refractivity contribution in [3.8, 4) is 0 Å². The van der Waals surface area contributed by atoms with E-state index in [-0.39, 0.29) is 51.8 Å². The predicted molar refractivity (Wildman–Crippen MR) is 113 cm³/mol. The molecule has 4 unspecified atom stereocenters. The molecule has 0 saturated heterocycles. The number of anilines is 1. The van der Waals surface area contributed by atoms with Gasteiger partial charge in [-0.3, -0.25) is 4.79 Å². The first kappa shape index (κ1) is 23.1. The van der Waals surface area contributed by atoms with Gasteiger partial charge in [-0.1, -0.05) is 18.5 Å². The molecule has 2 aromatic carbocycles. The first-order chi connectivity index (χ1) is 14.8. The molecule has 0 radical (unpaired) electrons. The third-order valence-electron chi connectivity index (χ3n) is 6.98. The van der Waals surface area contributed by atoms with Crippen molar-refractivity contribution in [1.29, 1.82) is 0 Å². The highest BCUT2D eigenvalue weighted by Crippen LogP contribution is 2.59. The van der Waals surface area contributed by atoms with Gasteiger partial charge in [0.25, 0.3) is 5.91 Å². The molecule has 0 aromatic heterocycles. The lowest BCUT2D eigenvalue weighted by Crippen LogP contribution is -2.65. The summed E-state index contributed by atoms with van der Waals surface area (Å²) in [5.41, 5.74) is -1.31. The molecule has 5 atom stereocenters. The lowest BCUT2D eigenvalue weighted by molar-refractivity contribution is -0.204. The fourth-order valence-corrected chi connectivity index (χ4v) is 7.55. The van der Waals surface area contributed by atoms with E-state index in [1.165, 1.54) is 12.1 Å². The molecule has 1 amide bonds. The third kappa shape index (κ3) is 3.60. The number of carbonyl (C=O) groups is 1. The number of fused-ring (bicyclic) bond motifs is 2. The van der Waals surface area contributed by atoms with E-state index >= 15 is 0 Å². The molecule has 32 heavy (non-hydrogen) atoms. The maximum absolute atomic E-state index is 13.4. The molecule has 3 saturated carbocycles. The molecular formula is C22H21ClF3NO4S. The molecule has 5 rings (SSSR count). The van der Waals surface area contributed by atoms with E-state index in [9.17, 15) is 31.5 Å². The number of hydrogen-bond acceptors (Lipinski definition) is 4. The van der Waals surface area contributed by atoms with Crippen LogP contribution in [0.5, 0.6) is 0 Å². The Balaban J connectivity index is 1.60. The fraction of sp³-hybridized carbons (Fsp3) is 0.409. The van der Waals surface area contributed by atoms with Crippen LogP contribution in [0.15, 0.2) is 35.2 Å². The van der Waals surface area contributed by atoms with Gasteiger partial charge < -0.3 is 10.4 Å². The molecule has 2 aromatic rings. The second kappa shape index (κ2) is 7.74. The van der Waals surface area contributed by atoms with Crippen molar-refractivity contribution < 1.29 is 31.5 Å². The van der Waals surface area contributed by atoms with E-state index in [1.807, 2.05) is 6.92 Å². The Morgan fingerprint density at radius 1 is 1.12 bits per heavy atom. The van der Waals surface area contributed by atoms with Crippen molar-refractivity contribution in [3.05, 3.63) is 58.4 Å². The smallest absolute Gasteiger partial charge is 0.255 e. The molecular weight excluding hydrogens is 467 g/mol. The predicted octanol–water partition coefficient (Wildman–Crippen LogP) is 4.58. The fourth-order valence-electron chi connectivity index (χ4n) is 5.20. The van der Waals surface area contributed by atoms with Crippen molar-refractivity contribution in [2.24, 2.45) is 17.8 Å². The van der Waals surface area contributed by atoms with Crippen LogP contribution >= 0.6 is 11.6 Å². The lowest BCUT2D eigenvalue weighted by Gasteiger charge is -2.61. The lowest BCUT2D eigenvalue weighted by atomic mass is 9.48. The van der Waals surface area contributed by atoms with Gasteiger partial charge in [-0.2, -0.15) is 0 Å². The summed E-state index contributed by atoms with van der Waals surface area (Å²) >= 11 is 6.16. The van der Waals surface area contributed by atoms with Gasteiger partial charge in [0.05, 0.1) is 20.8 Å². The number of benzene rings is 2. The van der Waals surface area contributed by atoms with Gasteiger partial charge in [0, 0.05) is 23.4 Å². The Morgan fingerprint density at radius 2 is 1.69 bits per heavy atom. The maximum atomic E-state index is 13.4. The summed E-state index contributed by atoms with van der Waals surface area (Å²) < 4.78 is 66.6. The van der Waals surface area contributed by atoms with Crippen molar-refractivity contribution in [2.75, 3.05) is 5.32 Å². The van der Waals surface area contributed by atoms with Crippen molar-refractivity contribution in [2.45, 2.75) is 42.4 Å². The van der Waals surface area contributed by atoms with Gasteiger partial charge in [0.2, 0.25) is 0 Å². The quantitative estimate of drug-likeness (QED) is 0.618. The summed E-state index contributed by atoms with van der Waals surface area (Å²) in [5.74, 6) is -5.51. The highest BCUT2D eigenvalue weighted by molar-refractivity contribution is 7.92. The average molecular weight is 488 g/mol. The maximum Gasteiger partial charge on any atom is 0.255 e. The summed E-state index contributed by atoms with van der Waals surface area (Å²) in [5, 5.41) is 12.0. The van der Waals surface area contributed by atoms with Crippen molar-refractivity contribution >= 4 is 33.0 Å². The van der Waals surface area contributed by atoms with Crippen LogP contribution in [0.3, 0.4) is 0 Å². The van der Waals surface area contributed by atoms with Crippen LogP contribution in [0.4, 0.5) is 18.9 Å². The zero-order valence-corrected chi connectivity index (χ0v) is 18.8. The Bertz CT molecular complexity index is 1180. The van der Waals surface area contributed by atoms with Gasteiger partial charge >= 0.3 is 0 Å². The average Bonchev–Trinajstić information content (AvgIpc) is 2.72. The Morgan fingerprint density at radius 3 is 2.22 bits per heavy atom. The zero-order chi connectivity index (χ0) is 23.6. The molecule has 3 fully saturated rings. The van der Waals surface area contributed by atoms with Gasteiger partial charge in [-0.05, 0) is 55.7 Å². The van der Waals surface area contributed by atoms with E-state index in [0.29, 0.717) is 12.1 Å². The summed E-state index contributed by atoms with van der Waals surface area (Å²) in [6, 6.07) is 4.89. The number of carbonyl (C=O) groups excluding carboxylic acids is 1. The largest absolute Gasteiger partial charge is 0.390 e. The topological polar surface area (TPSA) is 83.5 Å². The van der Waals surface area contributed by atoms with Gasteiger partial charge in [-0.25, -0.2) is 21.6 Å². The monoisotopic (exact) mass is 487 g/mol. The summed E-state index contributed by atoms with van der Waals surface area (Å²) in [6.07, 6.45) is 0.571. The van der Waals surface area contributed by atoms with Gasteiger partial charge in [0.1, 0.15) is 0 Å². The van der Waals surface area contributed by atoms with Crippen LogP contribution in [0, 0.1) is 35.2 Å². The standard InChI is InChI=1S/C22H21ClF3NO4S/c1-10-14-8-13(9-15(10)22(14,2)29)32(30,31)19-5-11(3-4-16(19)23)21(28)27-12-6-17(24)20(26)18(25)7-12/h3-7,10,13-15,29H,8-9H2,1-2H3,(H,27,28)/t10?,13?,14-,15?,22?/m1/s1. The minimum Gasteiger partial charge on any atom is -0.390 e. The van der Waals surface area contributed by atoms with E-state index in [0.717, 1.165) is 6.07 Å². The number of nitrogens with one attached hydrogen (secondary N) is 1. The molecule has 2 N–H and O–H groups in total. The van der Waals surface area contributed by atoms with Crippen LogP contribution < -0.4 is 5.32 Å². The Kier molecular flexibility index (Phi) is 5.58. The second-order valence-corrected chi connectivity index (χ2v) is 11.4. The van der Waals surface area contributed by atoms with E-state index < -0.39 is 44.0 Å². The number of amides is 1. The zero-order valence-electron chi connectivity index (χ0n) is 17.2. The molecule has 10 heteroatoms. The molecule has 2 bridgehead atoms. The van der Waals surface area contributed by atoms with Crippen molar-refractivity contribution in [3.63, 3.8) is 0 Å². The van der Waals surface area contributed by atoms with Crippen LogP contribution in [0.1, 0.15) is 37.0 Å². The van der Waals surface area contributed by atoms with E-state index in [2.05, 4.69) is 5.32 Å². The third-order valence-corrected chi connectivity index (χ3v) is 9.64. The van der Waals surface area contributed by atoms with Crippen LogP contribution in [-0.4, -0.2) is 30.3 Å². The van der Waals surface area contributed by atoms with Crippen LogP contribution in [0.2, 0.25) is 5.02 Å².